The average Bonchev–Trinajstić information content (AvgIpc) is 2.32. The van der Waals surface area contributed by atoms with Crippen LogP contribution in [0.4, 0.5) is 0 Å². The maximum atomic E-state index is 11.9. The summed E-state index contributed by atoms with van der Waals surface area (Å²) in [5.74, 6) is 1.51. The molecule has 0 amide bonds. The average molecular weight is 276 g/mol. The summed E-state index contributed by atoms with van der Waals surface area (Å²) in [6, 6.07) is -0.425. The van der Waals surface area contributed by atoms with Gasteiger partial charge in [0.1, 0.15) is 0 Å². The number of ketones is 1. The molecule has 1 saturated heterocycles. The highest BCUT2D eigenvalue weighted by Crippen LogP contribution is 2.16. The Labute approximate surface area is 114 Å². The molecule has 0 aromatic heterocycles. The molecular formula is C13H28N2O2S. The number of rotatable bonds is 3. The summed E-state index contributed by atoms with van der Waals surface area (Å²) in [4.78, 5) is 14.0. The summed E-state index contributed by atoms with van der Waals surface area (Å²) in [5.41, 5.74) is 5.52. The third-order valence-corrected chi connectivity index (χ3v) is 4.08. The third-order valence-electron chi connectivity index (χ3n) is 2.80. The monoisotopic (exact) mass is 276 g/mol. The van der Waals surface area contributed by atoms with Crippen molar-refractivity contribution in [2.45, 2.75) is 40.7 Å². The summed E-state index contributed by atoms with van der Waals surface area (Å²) in [7, 11) is -0.671. The van der Waals surface area contributed by atoms with Crippen molar-refractivity contribution in [1.82, 2.24) is 4.90 Å². The third kappa shape index (κ3) is 6.07. The Kier molecular flexibility index (Phi) is 7.90. The molecule has 4 nitrogen and oxygen atoms in total. The maximum Gasteiger partial charge on any atom is 0.156 e. The number of carbonyl (C=O) groups excluding carboxylic acids is 1. The van der Waals surface area contributed by atoms with E-state index in [9.17, 15) is 9.00 Å². The predicted octanol–water partition coefficient (Wildman–Crippen LogP) is 1.02. The van der Waals surface area contributed by atoms with Crippen molar-refractivity contribution in [3.63, 3.8) is 0 Å². The van der Waals surface area contributed by atoms with Crippen molar-refractivity contribution in [1.29, 1.82) is 0 Å². The van der Waals surface area contributed by atoms with Crippen LogP contribution in [0.15, 0.2) is 0 Å². The molecule has 0 bridgehead atoms. The molecule has 18 heavy (non-hydrogen) atoms. The fourth-order valence-corrected chi connectivity index (χ4v) is 2.90. The topological polar surface area (TPSA) is 63.4 Å². The van der Waals surface area contributed by atoms with E-state index >= 15 is 0 Å². The van der Waals surface area contributed by atoms with E-state index in [0.717, 1.165) is 13.1 Å². The molecule has 0 saturated carbocycles. The molecular weight excluding hydrogens is 248 g/mol. The number of hydrogen-bond donors (Lipinski definition) is 1. The molecule has 1 atom stereocenters. The smallest absolute Gasteiger partial charge is 0.156 e. The lowest BCUT2D eigenvalue weighted by Crippen LogP contribution is -2.50. The van der Waals surface area contributed by atoms with Crippen molar-refractivity contribution in [3.05, 3.63) is 0 Å². The van der Waals surface area contributed by atoms with Gasteiger partial charge in [0.25, 0.3) is 0 Å². The number of hydrogen-bond acceptors (Lipinski definition) is 4. The second-order valence-electron chi connectivity index (χ2n) is 5.37. The Balaban J connectivity index is 0.00000137. The quantitative estimate of drug-likeness (QED) is 0.836. The van der Waals surface area contributed by atoms with Gasteiger partial charge in [-0.05, 0) is 0 Å². The normalized spacial score (nSPS) is 19.9. The summed E-state index contributed by atoms with van der Waals surface area (Å²) in [5, 5.41) is 0. The van der Waals surface area contributed by atoms with Gasteiger partial charge in [0.2, 0.25) is 0 Å². The van der Waals surface area contributed by atoms with Gasteiger partial charge in [-0.2, -0.15) is 0 Å². The van der Waals surface area contributed by atoms with Crippen molar-refractivity contribution in [3.8, 4) is 0 Å². The second kappa shape index (κ2) is 8.02. The molecule has 2 N–H and O–H groups in total. The zero-order chi connectivity index (χ0) is 14.3. The molecule has 1 heterocycles. The molecule has 1 aliphatic heterocycles. The predicted molar refractivity (Wildman–Crippen MR) is 78.1 cm³/mol. The van der Waals surface area contributed by atoms with Gasteiger partial charge in [-0.15, -0.1) is 0 Å². The summed E-state index contributed by atoms with van der Waals surface area (Å²) in [6.45, 7) is 11.8. The Morgan fingerprint density at radius 2 is 1.72 bits per heavy atom. The summed E-state index contributed by atoms with van der Waals surface area (Å²) < 4.78 is 11.2. The first-order chi connectivity index (χ1) is 8.30. The molecule has 1 fully saturated rings. The van der Waals surface area contributed by atoms with E-state index in [1.807, 2.05) is 34.6 Å². The molecule has 0 aliphatic carbocycles. The van der Waals surface area contributed by atoms with E-state index in [1.54, 1.807) is 0 Å². The van der Waals surface area contributed by atoms with Crippen molar-refractivity contribution in [2.24, 2.45) is 11.1 Å². The minimum Gasteiger partial charge on any atom is -0.320 e. The van der Waals surface area contributed by atoms with Crippen molar-refractivity contribution < 1.29 is 9.00 Å². The molecule has 0 radical (unpaired) electrons. The lowest BCUT2D eigenvalue weighted by Gasteiger charge is -2.30. The van der Waals surface area contributed by atoms with Crippen LogP contribution in [0.3, 0.4) is 0 Å². The van der Waals surface area contributed by atoms with Crippen LogP contribution in [0.1, 0.15) is 34.6 Å². The van der Waals surface area contributed by atoms with E-state index < -0.39 is 16.8 Å². The van der Waals surface area contributed by atoms with Gasteiger partial charge in [0.05, 0.1) is 6.04 Å². The Bertz CT molecular complexity index is 277. The van der Waals surface area contributed by atoms with Crippen LogP contribution in [0.2, 0.25) is 0 Å². The fraction of sp³-hybridized carbons (Fsp3) is 0.923. The highest BCUT2D eigenvalue weighted by atomic mass is 32.2. The maximum absolute atomic E-state index is 11.9. The molecule has 1 rings (SSSR count). The SMILES string of the molecule is CC.CC(C)(C)C(=O)C(N)CN1CCS(=O)CC1. The fourth-order valence-electron chi connectivity index (χ4n) is 1.78. The highest BCUT2D eigenvalue weighted by molar-refractivity contribution is 7.85. The molecule has 108 valence electrons. The van der Waals surface area contributed by atoms with Gasteiger partial charge < -0.3 is 5.73 Å². The molecule has 5 heteroatoms. The van der Waals surface area contributed by atoms with Gasteiger partial charge in [-0.25, -0.2) is 0 Å². The molecule has 1 unspecified atom stereocenters. The van der Waals surface area contributed by atoms with Crippen LogP contribution < -0.4 is 5.73 Å². The van der Waals surface area contributed by atoms with Crippen LogP contribution in [-0.4, -0.2) is 52.1 Å². The van der Waals surface area contributed by atoms with Crippen molar-refractivity contribution >= 4 is 16.6 Å². The van der Waals surface area contributed by atoms with E-state index in [0.29, 0.717) is 18.1 Å². The lowest BCUT2D eigenvalue weighted by atomic mass is 9.86. The molecule has 0 aromatic carbocycles. The Morgan fingerprint density at radius 1 is 1.28 bits per heavy atom. The Morgan fingerprint density at radius 3 is 2.11 bits per heavy atom. The van der Waals surface area contributed by atoms with Gasteiger partial charge in [0.15, 0.2) is 5.78 Å². The van der Waals surface area contributed by atoms with Crippen LogP contribution in [0.25, 0.3) is 0 Å². The minimum absolute atomic E-state index is 0.0965. The zero-order valence-electron chi connectivity index (χ0n) is 12.4. The number of nitrogens with two attached hydrogens (primary N) is 1. The second-order valence-corrected chi connectivity index (χ2v) is 7.07. The van der Waals surface area contributed by atoms with Gasteiger partial charge in [-0.3, -0.25) is 13.9 Å². The molecule has 0 aromatic rings. The number of nitrogens with zero attached hydrogens (tertiary/aromatic N) is 1. The van der Waals surface area contributed by atoms with E-state index in [1.165, 1.54) is 0 Å². The summed E-state index contributed by atoms with van der Waals surface area (Å²) in [6.07, 6.45) is 0. The standard InChI is InChI=1S/C11H22N2O2S.C2H6/c1-11(2,3)10(14)9(12)8-13-4-6-16(15)7-5-13;1-2/h9H,4-8,12H2,1-3H3;1-2H3. The zero-order valence-corrected chi connectivity index (χ0v) is 13.2. The first-order valence-corrected chi connectivity index (χ1v) is 8.17. The summed E-state index contributed by atoms with van der Waals surface area (Å²) >= 11 is 0. The number of carbonyl (C=O) groups is 1. The van der Waals surface area contributed by atoms with E-state index in [2.05, 4.69) is 4.90 Å². The highest BCUT2D eigenvalue weighted by Gasteiger charge is 2.29. The molecule has 1 aliphatic rings. The van der Waals surface area contributed by atoms with Crippen LogP contribution in [0, 0.1) is 5.41 Å². The van der Waals surface area contributed by atoms with Gasteiger partial charge in [-0.1, -0.05) is 34.6 Å². The Hall–Kier alpha value is -0.260. The van der Waals surface area contributed by atoms with Crippen LogP contribution in [-0.2, 0) is 15.6 Å². The van der Waals surface area contributed by atoms with Crippen LogP contribution >= 0.6 is 0 Å². The van der Waals surface area contributed by atoms with Gasteiger partial charge >= 0.3 is 0 Å². The number of Topliss-reactive ketones (excluding diaryl/α,β-unsaturated/α-hetero) is 1. The first kappa shape index (κ1) is 17.7. The van der Waals surface area contributed by atoms with E-state index in [4.69, 9.17) is 5.73 Å². The molecule has 0 spiro atoms. The van der Waals surface area contributed by atoms with Crippen molar-refractivity contribution in [2.75, 3.05) is 31.1 Å². The lowest BCUT2D eigenvalue weighted by molar-refractivity contribution is -0.128. The van der Waals surface area contributed by atoms with Crippen LogP contribution in [0.5, 0.6) is 0 Å². The minimum atomic E-state index is -0.671. The van der Waals surface area contributed by atoms with E-state index in [-0.39, 0.29) is 11.2 Å². The largest absolute Gasteiger partial charge is 0.320 e. The van der Waals surface area contributed by atoms with Gasteiger partial charge in [0, 0.05) is 47.4 Å². The first-order valence-electron chi connectivity index (χ1n) is 6.68.